The van der Waals surface area contributed by atoms with E-state index < -0.39 is 10.8 Å². The molecule has 0 aliphatic heterocycles. The van der Waals surface area contributed by atoms with Crippen molar-refractivity contribution in [3.8, 4) is 17.6 Å². The van der Waals surface area contributed by atoms with Gasteiger partial charge in [0.05, 0.1) is 12.0 Å². The highest BCUT2D eigenvalue weighted by atomic mass is 16.6. The minimum absolute atomic E-state index is 0.0359. The summed E-state index contributed by atoms with van der Waals surface area (Å²) >= 11 is 0. The summed E-state index contributed by atoms with van der Waals surface area (Å²) in [4.78, 5) is 20.6. The predicted molar refractivity (Wildman–Crippen MR) is 55.7 cm³/mol. The Morgan fingerprint density at radius 2 is 2.25 bits per heavy atom. The molecule has 0 atom stereocenters. The van der Waals surface area contributed by atoms with Crippen LogP contribution < -0.4 is 10.5 Å². The highest BCUT2D eigenvalue weighted by molar-refractivity contribution is 5.93. The number of hydrogen-bond donors (Lipinski definition) is 1. The van der Waals surface area contributed by atoms with E-state index in [2.05, 4.69) is 5.92 Å². The Balaban J connectivity index is 3.38. The van der Waals surface area contributed by atoms with Gasteiger partial charge in [-0.2, -0.15) is 0 Å². The van der Waals surface area contributed by atoms with Gasteiger partial charge in [-0.25, -0.2) is 0 Å². The van der Waals surface area contributed by atoms with Gasteiger partial charge in [0.1, 0.15) is 11.3 Å². The van der Waals surface area contributed by atoms with E-state index in [1.807, 2.05) is 5.92 Å². The first kappa shape index (κ1) is 11.5. The smallest absolute Gasteiger partial charge is 0.293 e. The van der Waals surface area contributed by atoms with Crippen molar-refractivity contribution >= 4 is 11.6 Å². The van der Waals surface area contributed by atoms with Gasteiger partial charge in [0.15, 0.2) is 0 Å². The summed E-state index contributed by atoms with van der Waals surface area (Å²) in [5.41, 5.74) is 4.64. The van der Waals surface area contributed by atoms with Gasteiger partial charge in [0.2, 0.25) is 0 Å². The molecule has 1 aromatic rings. The van der Waals surface area contributed by atoms with E-state index in [1.54, 1.807) is 0 Å². The number of carbonyl (C=O) groups is 1. The standard InChI is InChI=1S/C10H8N2O4/c1-16-9-4-2-3-8(12(14)15)7(9)5-6-10(11)13/h2-4H,1H3,(H2,11,13). The zero-order valence-corrected chi connectivity index (χ0v) is 8.39. The second-order valence-electron chi connectivity index (χ2n) is 2.73. The molecule has 1 aromatic carbocycles. The largest absolute Gasteiger partial charge is 0.495 e. The molecule has 0 aliphatic carbocycles. The van der Waals surface area contributed by atoms with Crippen molar-refractivity contribution in [3.05, 3.63) is 33.9 Å². The van der Waals surface area contributed by atoms with E-state index in [9.17, 15) is 14.9 Å². The van der Waals surface area contributed by atoms with Crippen LogP contribution in [0.5, 0.6) is 5.75 Å². The Labute approximate surface area is 91.2 Å². The lowest BCUT2D eigenvalue weighted by atomic mass is 10.1. The van der Waals surface area contributed by atoms with Gasteiger partial charge < -0.3 is 10.5 Å². The first-order valence-corrected chi connectivity index (χ1v) is 4.19. The number of methoxy groups -OCH3 is 1. The van der Waals surface area contributed by atoms with E-state index in [4.69, 9.17) is 10.5 Å². The van der Waals surface area contributed by atoms with Crippen molar-refractivity contribution in [1.82, 2.24) is 0 Å². The first-order chi connectivity index (χ1) is 7.56. The molecule has 6 nitrogen and oxygen atoms in total. The third kappa shape index (κ3) is 2.48. The van der Waals surface area contributed by atoms with Crippen LogP contribution in [0.4, 0.5) is 5.69 Å². The molecular weight excluding hydrogens is 212 g/mol. The van der Waals surface area contributed by atoms with Gasteiger partial charge in [-0.3, -0.25) is 14.9 Å². The minimum atomic E-state index is -0.861. The Bertz CT molecular complexity index is 499. The molecule has 0 heterocycles. The Morgan fingerprint density at radius 3 is 2.75 bits per heavy atom. The van der Waals surface area contributed by atoms with E-state index >= 15 is 0 Å². The Morgan fingerprint density at radius 1 is 1.56 bits per heavy atom. The summed E-state index contributed by atoms with van der Waals surface area (Å²) in [6.07, 6.45) is 0. The molecular formula is C10H8N2O4. The quantitative estimate of drug-likeness (QED) is 0.444. The van der Waals surface area contributed by atoms with Crippen LogP contribution in [-0.4, -0.2) is 17.9 Å². The summed E-state index contributed by atoms with van der Waals surface area (Å²) in [5, 5.41) is 10.7. The number of nitrogens with two attached hydrogens (primary N) is 1. The van der Waals surface area contributed by atoms with Crippen LogP contribution in [0.2, 0.25) is 0 Å². The van der Waals surface area contributed by atoms with Gasteiger partial charge in [0.25, 0.3) is 11.6 Å². The second-order valence-corrected chi connectivity index (χ2v) is 2.73. The zero-order chi connectivity index (χ0) is 12.1. The molecule has 2 N–H and O–H groups in total. The van der Waals surface area contributed by atoms with Crippen LogP contribution in [0.25, 0.3) is 0 Å². The minimum Gasteiger partial charge on any atom is -0.495 e. The highest BCUT2D eigenvalue weighted by Crippen LogP contribution is 2.26. The van der Waals surface area contributed by atoms with Crippen LogP contribution >= 0.6 is 0 Å². The molecule has 0 fully saturated rings. The Hall–Kier alpha value is -2.55. The fourth-order valence-corrected chi connectivity index (χ4v) is 1.09. The van der Waals surface area contributed by atoms with Crippen LogP contribution in [0.1, 0.15) is 5.56 Å². The molecule has 1 rings (SSSR count). The first-order valence-electron chi connectivity index (χ1n) is 4.19. The molecule has 0 spiro atoms. The van der Waals surface area contributed by atoms with E-state index in [0.29, 0.717) is 0 Å². The molecule has 82 valence electrons. The normalized spacial score (nSPS) is 8.81. The van der Waals surface area contributed by atoms with Crippen molar-refractivity contribution in [2.45, 2.75) is 0 Å². The summed E-state index contributed by atoms with van der Waals surface area (Å²) < 4.78 is 4.91. The second kappa shape index (κ2) is 4.79. The number of rotatable bonds is 2. The van der Waals surface area contributed by atoms with Crippen LogP contribution in [0.15, 0.2) is 18.2 Å². The Kier molecular flexibility index (Phi) is 3.45. The van der Waals surface area contributed by atoms with Crippen molar-refractivity contribution in [1.29, 1.82) is 0 Å². The third-order valence-corrected chi connectivity index (χ3v) is 1.73. The predicted octanol–water partition coefficient (Wildman–Crippen LogP) is 0.440. The summed E-state index contributed by atoms with van der Waals surface area (Å²) in [7, 11) is 1.36. The number of primary amides is 1. The van der Waals surface area contributed by atoms with Gasteiger partial charge in [-0.15, -0.1) is 0 Å². The molecule has 6 heteroatoms. The average molecular weight is 220 g/mol. The fraction of sp³-hybridized carbons (Fsp3) is 0.100. The van der Waals surface area contributed by atoms with Crippen molar-refractivity contribution in [2.24, 2.45) is 5.73 Å². The molecule has 0 radical (unpaired) electrons. The SMILES string of the molecule is COc1cccc([N+](=O)[O-])c1C#CC(N)=O. The lowest BCUT2D eigenvalue weighted by Gasteiger charge is -2.02. The molecule has 0 aromatic heterocycles. The molecule has 0 aliphatic rings. The van der Waals surface area contributed by atoms with Crippen LogP contribution in [0, 0.1) is 22.0 Å². The maximum atomic E-state index is 10.7. The maximum Gasteiger partial charge on any atom is 0.293 e. The highest BCUT2D eigenvalue weighted by Gasteiger charge is 2.16. The van der Waals surface area contributed by atoms with Gasteiger partial charge in [0, 0.05) is 12.0 Å². The van der Waals surface area contributed by atoms with Crippen molar-refractivity contribution in [2.75, 3.05) is 7.11 Å². The van der Waals surface area contributed by atoms with Gasteiger partial charge in [-0.05, 0) is 12.0 Å². The molecule has 0 saturated carbocycles. The molecule has 1 amide bonds. The fourth-order valence-electron chi connectivity index (χ4n) is 1.09. The van der Waals surface area contributed by atoms with E-state index in [1.165, 1.54) is 25.3 Å². The van der Waals surface area contributed by atoms with Crippen molar-refractivity contribution < 1.29 is 14.5 Å². The van der Waals surface area contributed by atoms with E-state index in [-0.39, 0.29) is 17.0 Å². The topological polar surface area (TPSA) is 95.5 Å². The van der Waals surface area contributed by atoms with Gasteiger partial charge in [-0.1, -0.05) is 6.07 Å². The number of hydrogen-bond acceptors (Lipinski definition) is 4. The number of carbonyl (C=O) groups excluding carboxylic acids is 1. The molecule has 0 saturated heterocycles. The summed E-state index contributed by atoms with van der Waals surface area (Å²) in [6.45, 7) is 0. The monoisotopic (exact) mass is 220 g/mol. The third-order valence-electron chi connectivity index (χ3n) is 1.73. The maximum absolute atomic E-state index is 10.7. The molecule has 0 bridgehead atoms. The number of nitrogens with zero attached hydrogens (tertiary/aromatic N) is 1. The zero-order valence-electron chi connectivity index (χ0n) is 8.39. The van der Waals surface area contributed by atoms with Gasteiger partial charge >= 0.3 is 0 Å². The number of amides is 1. The summed E-state index contributed by atoms with van der Waals surface area (Å²) in [5.74, 6) is 3.72. The lowest BCUT2D eigenvalue weighted by Crippen LogP contribution is -2.06. The van der Waals surface area contributed by atoms with Crippen molar-refractivity contribution in [3.63, 3.8) is 0 Å². The molecule has 16 heavy (non-hydrogen) atoms. The van der Waals surface area contributed by atoms with E-state index in [0.717, 1.165) is 0 Å². The lowest BCUT2D eigenvalue weighted by molar-refractivity contribution is -0.385. The number of benzene rings is 1. The number of ether oxygens (including phenoxy) is 1. The number of nitro groups is 1. The summed E-state index contributed by atoms with van der Waals surface area (Å²) in [6, 6.07) is 4.25. The van der Waals surface area contributed by atoms with Crippen LogP contribution in [0.3, 0.4) is 0 Å². The molecule has 0 unspecified atom stereocenters. The number of nitro benzene ring substituents is 1. The van der Waals surface area contributed by atoms with Crippen LogP contribution in [-0.2, 0) is 4.79 Å². The average Bonchev–Trinajstić information content (AvgIpc) is 2.25.